The fraction of sp³-hybridized carbons (Fsp3) is 0.0606. The van der Waals surface area contributed by atoms with Crippen molar-refractivity contribution in [3.8, 4) is 22.3 Å². The summed E-state index contributed by atoms with van der Waals surface area (Å²) in [6.07, 6.45) is 0. The Labute approximate surface area is 204 Å². The van der Waals surface area contributed by atoms with Gasteiger partial charge in [0.1, 0.15) is 6.61 Å². The molecule has 0 fully saturated rings. The van der Waals surface area contributed by atoms with Gasteiger partial charge in [0.25, 0.3) is 0 Å². The summed E-state index contributed by atoms with van der Waals surface area (Å²) < 4.78 is 5.67. The monoisotopic (exact) mass is 449 g/mol. The molecule has 166 valence electrons. The average molecular weight is 450 g/mol. The second kappa shape index (κ2) is 8.11. The lowest BCUT2D eigenvalue weighted by Crippen LogP contribution is -2.00. The van der Waals surface area contributed by atoms with Crippen molar-refractivity contribution in [3.63, 3.8) is 0 Å². The molecule has 0 bridgehead atoms. The van der Waals surface area contributed by atoms with E-state index in [0.29, 0.717) is 6.61 Å². The van der Waals surface area contributed by atoms with E-state index in [1.54, 1.807) is 0 Å². The molecule has 35 heavy (non-hydrogen) atoms. The molecule has 1 aliphatic heterocycles. The Hall–Kier alpha value is -4.43. The van der Waals surface area contributed by atoms with Gasteiger partial charge in [0.05, 0.1) is 6.54 Å². The van der Waals surface area contributed by atoms with Gasteiger partial charge in [-0.15, -0.1) is 0 Å². The second-order valence-electron chi connectivity index (χ2n) is 8.98. The summed E-state index contributed by atoms with van der Waals surface area (Å²) in [6.45, 7) is 1.41. The molecule has 2 nitrogen and oxygen atoms in total. The predicted octanol–water partition coefficient (Wildman–Crippen LogP) is 8.26. The van der Waals surface area contributed by atoms with E-state index in [4.69, 9.17) is 4.74 Å². The second-order valence-corrected chi connectivity index (χ2v) is 8.98. The number of benzene rings is 6. The van der Waals surface area contributed by atoms with Crippen molar-refractivity contribution in [1.82, 2.24) is 0 Å². The van der Waals surface area contributed by atoms with Gasteiger partial charge in [-0.3, -0.25) is 0 Å². The summed E-state index contributed by atoms with van der Waals surface area (Å²) in [6, 6.07) is 41.5. The zero-order valence-electron chi connectivity index (χ0n) is 19.2. The molecule has 0 aliphatic carbocycles. The number of aliphatic imine (C=N–C) groups is 1. The third-order valence-electron chi connectivity index (χ3n) is 7.00. The Morgan fingerprint density at radius 1 is 0.486 bits per heavy atom. The summed E-state index contributed by atoms with van der Waals surface area (Å²) in [7, 11) is 0. The van der Waals surface area contributed by atoms with Crippen LogP contribution in [0.1, 0.15) is 5.56 Å². The lowest BCUT2D eigenvalue weighted by atomic mass is 9.84. The molecule has 0 saturated carbocycles. The molecule has 0 radical (unpaired) electrons. The molecular weight excluding hydrogens is 426 g/mol. The summed E-state index contributed by atoms with van der Waals surface area (Å²) in [5.74, 6) is 0.748. The first-order valence-electron chi connectivity index (χ1n) is 12.1. The molecule has 0 unspecified atom stereocenters. The number of hydrogen-bond donors (Lipinski definition) is 0. The van der Waals surface area contributed by atoms with Gasteiger partial charge in [-0.05, 0) is 66.7 Å². The Bertz CT molecular complexity index is 1700. The Kier molecular flexibility index (Phi) is 4.63. The standard InChI is InChI=1S/C33H23NO/c1-2-10-25-22(8-1)9-7-15-26(25)32-29-13-5-3-11-27(29)31(28-12-4-6-14-30(28)32)23-16-18-24(19-17-23)33-34-20-21-35-33/h1-19H,20-21H2. The maximum absolute atomic E-state index is 5.67. The van der Waals surface area contributed by atoms with Crippen LogP contribution >= 0.6 is 0 Å². The normalized spacial score (nSPS) is 13.3. The zero-order chi connectivity index (χ0) is 23.2. The molecule has 1 aliphatic rings. The molecule has 0 amide bonds. The molecule has 1 heterocycles. The van der Waals surface area contributed by atoms with Crippen LogP contribution in [0.2, 0.25) is 0 Å². The van der Waals surface area contributed by atoms with E-state index in [9.17, 15) is 0 Å². The fourth-order valence-corrected chi connectivity index (χ4v) is 5.46. The van der Waals surface area contributed by atoms with Crippen molar-refractivity contribution in [3.05, 3.63) is 121 Å². The lowest BCUT2D eigenvalue weighted by molar-refractivity contribution is 0.348. The van der Waals surface area contributed by atoms with Gasteiger partial charge in [0.15, 0.2) is 0 Å². The molecule has 0 saturated heterocycles. The maximum atomic E-state index is 5.67. The first kappa shape index (κ1) is 20.0. The molecule has 0 atom stereocenters. The van der Waals surface area contributed by atoms with Gasteiger partial charge in [-0.25, -0.2) is 4.99 Å². The van der Waals surface area contributed by atoms with Gasteiger partial charge in [-0.2, -0.15) is 0 Å². The molecule has 6 aromatic rings. The molecule has 0 N–H and O–H groups in total. The van der Waals surface area contributed by atoms with Crippen LogP contribution in [0.3, 0.4) is 0 Å². The highest BCUT2D eigenvalue weighted by atomic mass is 16.5. The van der Waals surface area contributed by atoms with Crippen LogP contribution in [0.4, 0.5) is 0 Å². The zero-order valence-corrected chi connectivity index (χ0v) is 19.2. The van der Waals surface area contributed by atoms with E-state index in [1.165, 1.54) is 54.6 Å². The minimum absolute atomic E-state index is 0.669. The minimum atomic E-state index is 0.669. The molecule has 0 spiro atoms. The number of nitrogens with zero attached hydrogens (tertiary/aromatic N) is 1. The number of rotatable bonds is 3. The number of ether oxygens (including phenoxy) is 1. The minimum Gasteiger partial charge on any atom is -0.476 e. The van der Waals surface area contributed by atoms with Crippen molar-refractivity contribution in [1.29, 1.82) is 0 Å². The van der Waals surface area contributed by atoms with Crippen LogP contribution in [0.5, 0.6) is 0 Å². The first-order chi connectivity index (χ1) is 17.4. The van der Waals surface area contributed by atoms with Gasteiger partial charge < -0.3 is 4.74 Å². The number of fused-ring (bicyclic) bond motifs is 3. The molecule has 2 heteroatoms. The number of hydrogen-bond acceptors (Lipinski definition) is 2. The average Bonchev–Trinajstić information content (AvgIpc) is 3.47. The van der Waals surface area contributed by atoms with E-state index in [-0.39, 0.29) is 0 Å². The summed E-state index contributed by atoms with van der Waals surface area (Å²) in [4.78, 5) is 4.47. The molecule has 0 aromatic heterocycles. The largest absolute Gasteiger partial charge is 0.476 e. The van der Waals surface area contributed by atoms with Crippen molar-refractivity contribution >= 4 is 38.2 Å². The molecular formula is C33H23NO. The topological polar surface area (TPSA) is 21.6 Å². The molecule has 7 rings (SSSR count). The van der Waals surface area contributed by atoms with Gasteiger partial charge >= 0.3 is 0 Å². The Balaban J connectivity index is 1.55. The van der Waals surface area contributed by atoms with Crippen LogP contribution in [-0.2, 0) is 4.74 Å². The van der Waals surface area contributed by atoms with Crippen molar-refractivity contribution in [2.75, 3.05) is 13.2 Å². The predicted molar refractivity (Wildman–Crippen MR) is 147 cm³/mol. The third-order valence-corrected chi connectivity index (χ3v) is 7.00. The molecule has 6 aromatic carbocycles. The van der Waals surface area contributed by atoms with E-state index in [0.717, 1.165) is 18.0 Å². The SMILES string of the molecule is c1ccc2c(-c3c4ccccc4c(-c4ccc(C5=NCCO5)cc4)c4ccccc34)cccc2c1. The Morgan fingerprint density at radius 3 is 1.66 bits per heavy atom. The first-order valence-corrected chi connectivity index (χ1v) is 12.1. The fourth-order valence-electron chi connectivity index (χ4n) is 5.46. The van der Waals surface area contributed by atoms with Crippen molar-refractivity contribution in [2.24, 2.45) is 4.99 Å². The van der Waals surface area contributed by atoms with Gasteiger partial charge in [-0.1, -0.05) is 103 Å². The maximum Gasteiger partial charge on any atom is 0.216 e. The highest BCUT2D eigenvalue weighted by Crippen LogP contribution is 2.45. The van der Waals surface area contributed by atoms with Crippen LogP contribution in [0, 0.1) is 0 Å². The van der Waals surface area contributed by atoms with Crippen LogP contribution in [0.25, 0.3) is 54.6 Å². The van der Waals surface area contributed by atoms with Crippen LogP contribution in [-0.4, -0.2) is 19.0 Å². The lowest BCUT2D eigenvalue weighted by Gasteiger charge is -2.19. The summed E-state index contributed by atoms with van der Waals surface area (Å²) >= 11 is 0. The van der Waals surface area contributed by atoms with Crippen LogP contribution in [0.15, 0.2) is 120 Å². The smallest absolute Gasteiger partial charge is 0.216 e. The van der Waals surface area contributed by atoms with Crippen LogP contribution < -0.4 is 0 Å². The quantitative estimate of drug-likeness (QED) is 0.249. The summed E-state index contributed by atoms with van der Waals surface area (Å²) in [5.41, 5.74) is 6.06. The van der Waals surface area contributed by atoms with Gasteiger partial charge in [0, 0.05) is 5.56 Å². The van der Waals surface area contributed by atoms with E-state index < -0.39 is 0 Å². The highest BCUT2D eigenvalue weighted by Gasteiger charge is 2.18. The van der Waals surface area contributed by atoms with Gasteiger partial charge in [0.2, 0.25) is 5.90 Å². The van der Waals surface area contributed by atoms with E-state index in [1.807, 2.05) is 0 Å². The highest BCUT2D eigenvalue weighted by molar-refractivity contribution is 6.23. The van der Waals surface area contributed by atoms with Crippen molar-refractivity contribution in [2.45, 2.75) is 0 Å². The third kappa shape index (κ3) is 3.22. The van der Waals surface area contributed by atoms with E-state index >= 15 is 0 Å². The van der Waals surface area contributed by atoms with E-state index in [2.05, 4.69) is 120 Å². The summed E-state index contributed by atoms with van der Waals surface area (Å²) in [5, 5.41) is 7.59. The Morgan fingerprint density at radius 2 is 1.03 bits per heavy atom. The van der Waals surface area contributed by atoms with Crippen molar-refractivity contribution < 1.29 is 4.74 Å².